The Bertz CT molecular complexity index is 774. The zero-order valence-electron chi connectivity index (χ0n) is 10.5. The minimum Gasteiger partial charge on any atom is -0.276 e. The number of anilines is 1. The van der Waals surface area contributed by atoms with Gasteiger partial charge in [0.1, 0.15) is 21.7 Å². The Kier molecular flexibility index (Phi) is 3.70. The summed E-state index contributed by atoms with van der Waals surface area (Å²) >= 11 is 5.86. The first kappa shape index (κ1) is 14.7. The van der Waals surface area contributed by atoms with Crippen molar-refractivity contribution in [3.63, 3.8) is 0 Å². The zero-order valence-corrected chi connectivity index (χ0v) is 12.1. The molecule has 1 aromatic carbocycles. The number of nitrogens with zero attached hydrogens (tertiary/aromatic N) is 2. The molecule has 0 unspecified atom stereocenters. The van der Waals surface area contributed by atoms with E-state index < -0.39 is 21.7 Å². The molecule has 0 saturated carbocycles. The molecule has 1 heterocycles. The number of aromatic nitrogens is 2. The van der Waals surface area contributed by atoms with Crippen molar-refractivity contribution in [2.45, 2.75) is 11.8 Å². The van der Waals surface area contributed by atoms with Crippen LogP contribution in [0.3, 0.4) is 0 Å². The summed E-state index contributed by atoms with van der Waals surface area (Å²) in [4.78, 5) is -0.245. The van der Waals surface area contributed by atoms with E-state index in [1.807, 2.05) is 4.72 Å². The van der Waals surface area contributed by atoms with Crippen LogP contribution in [0.1, 0.15) is 5.69 Å². The molecule has 0 aliphatic carbocycles. The number of benzene rings is 1. The maximum atomic E-state index is 13.5. The fraction of sp³-hybridized carbons (Fsp3) is 0.182. The normalized spacial score (nSPS) is 11.7. The van der Waals surface area contributed by atoms with E-state index in [1.165, 1.54) is 18.7 Å². The van der Waals surface area contributed by atoms with Gasteiger partial charge in [-0.15, -0.1) is 0 Å². The molecule has 0 saturated heterocycles. The highest BCUT2D eigenvalue weighted by atomic mass is 35.5. The van der Waals surface area contributed by atoms with Crippen LogP contribution in [0.2, 0.25) is 5.15 Å². The van der Waals surface area contributed by atoms with Gasteiger partial charge in [-0.1, -0.05) is 11.6 Å². The number of hydrogen-bond acceptors (Lipinski definition) is 3. The monoisotopic (exact) mass is 321 g/mol. The van der Waals surface area contributed by atoms with Crippen LogP contribution in [0.15, 0.2) is 23.1 Å². The zero-order chi connectivity index (χ0) is 15.1. The average Bonchev–Trinajstić information content (AvgIpc) is 2.57. The number of hydrogen-bond donors (Lipinski definition) is 1. The number of nitrogens with one attached hydrogen (secondary N) is 1. The fourth-order valence-electron chi connectivity index (χ4n) is 1.68. The van der Waals surface area contributed by atoms with E-state index in [2.05, 4.69) is 5.10 Å². The molecule has 0 aliphatic heterocycles. The molecule has 0 spiro atoms. The van der Waals surface area contributed by atoms with Crippen molar-refractivity contribution in [1.29, 1.82) is 0 Å². The van der Waals surface area contributed by atoms with Crippen molar-refractivity contribution in [3.8, 4) is 0 Å². The van der Waals surface area contributed by atoms with Crippen LogP contribution >= 0.6 is 11.6 Å². The Labute approximate surface area is 119 Å². The molecular weight excluding hydrogens is 312 g/mol. The molecule has 108 valence electrons. The predicted octanol–water partition coefficient (Wildman–Crippen LogP) is 2.46. The summed E-state index contributed by atoms with van der Waals surface area (Å²) in [6.45, 7) is 1.46. The molecule has 1 N–H and O–H groups in total. The quantitative estimate of drug-likeness (QED) is 0.944. The largest absolute Gasteiger partial charge is 0.276 e. The first-order chi connectivity index (χ1) is 9.22. The summed E-state index contributed by atoms with van der Waals surface area (Å²) in [6, 6.07) is 2.51. The van der Waals surface area contributed by atoms with Crippen molar-refractivity contribution in [3.05, 3.63) is 40.7 Å². The summed E-state index contributed by atoms with van der Waals surface area (Å²) in [5.41, 5.74) is -0.196. The number of sulfonamides is 1. The summed E-state index contributed by atoms with van der Waals surface area (Å²) in [6.07, 6.45) is 0. The third kappa shape index (κ3) is 2.61. The second kappa shape index (κ2) is 5.02. The van der Waals surface area contributed by atoms with Gasteiger partial charge in [-0.3, -0.25) is 9.40 Å². The van der Waals surface area contributed by atoms with Gasteiger partial charge in [0.25, 0.3) is 10.0 Å². The lowest BCUT2D eigenvalue weighted by Crippen LogP contribution is -2.15. The van der Waals surface area contributed by atoms with Gasteiger partial charge in [0.2, 0.25) is 0 Å². The molecular formula is C11H10ClF2N3O2S. The van der Waals surface area contributed by atoms with E-state index in [1.54, 1.807) is 0 Å². The maximum absolute atomic E-state index is 13.5. The number of aryl methyl sites for hydroxylation is 2. The Morgan fingerprint density at radius 1 is 1.35 bits per heavy atom. The maximum Gasteiger partial charge on any atom is 0.266 e. The van der Waals surface area contributed by atoms with Gasteiger partial charge < -0.3 is 0 Å². The fourth-order valence-corrected chi connectivity index (χ4v) is 3.50. The van der Waals surface area contributed by atoms with E-state index in [0.717, 1.165) is 12.1 Å². The van der Waals surface area contributed by atoms with E-state index in [0.29, 0.717) is 6.07 Å². The second-order valence-electron chi connectivity index (χ2n) is 4.06. The minimum absolute atomic E-state index is 0.0995. The van der Waals surface area contributed by atoms with Gasteiger partial charge in [-0.2, -0.15) is 5.10 Å². The third-order valence-electron chi connectivity index (χ3n) is 2.54. The molecule has 20 heavy (non-hydrogen) atoms. The summed E-state index contributed by atoms with van der Waals surface area (Å²) < 4.78 is 53.8. The van der Waals surface area contributed by atoms with E-state index in [9.17, 15) is 17.2 Å². The van der Waals surface area contributed by atoms with Gasteiger partial charge in [0, 0.05) is 13.1 Å². The van der Waals surface area contributed by atoms with Crippen LogP contribution in [0.5, 0.6) is 0 Å². The topological polar surface area (TPSA) is 64.0 Å². The standard InChI is InChI=1S/C11H10ClF2N3O2S/c1-6-10(11(12)17(2)15-6)20(18,19)16-9-4-3-7(13)5-8(9)14/h3-5,16H,1-2H3. The van der Waals surface area contributed by atoms with Gasteiger partial charge in [-0.25, -0.2) is 17.2 Å². The highest BCUT2D eigenvalue weighted by molar-refractivity contribution is 7.92. The first-order valence-corrected chi connectivity index (χ1v) is 7.25. The van der Waals surface area contributed by atoms with E-state index in [-0.39, 0.29) is 21.4 Å². The van der Waals surface area contributed by atoms with Crippen LogP contribution in [0.4, 0.5) is 14.5 Å². The second-order valence-corrected chi connectivity index (χ2v) is 6.04. The lowest BCUT2D eigenvalue weighted by Gasteiger charge is -2.08. The summed E-state index contributed by atoms with van der Waals surface area (Å²) in [7, 11) is -2.64. The van der Waals surface area contributed by atoms with Crippen molar-refractivity contribution >= 4 is 27.3 Å². The molecule has 0 atom stereocenters. The molecule has 2 rings (SSSR count). The average molecular weight is 322 g/mol. The van der Waals surface area contributed by atoms with Crippen LogP contribution in [-0.2, 0) is 17.1 Å². The highest BCUT2D eigenvalue weighted by Crippen LogP contribution is 2.27. The summed E-state index contributed by atoms with van der Waals surface area (Å²) in [5, 5.41) is 3.77. The predicted molar refractivity (Wildman–Crippen MR) is 70.1 cm³/mol. The van der Waals surface area contributed by atoms with Crippen LogP contribution in [0.25, 0.3) is 0 Å². The van der Waals surface area contributed by atoms with Crippen LogP contribution in [0, 0.1) is 18.6 Å². The molecule has 1 aromatic heterocycles. The van der Waals surface area contributed by atoms with E-state index >= 15 is 0 Å². The summed E-state index contributed by atoms with van der Waals surface area (Å²) in [5.74, 6) is -1.83. The Morgan fingerprint density at radius 2 is 2.00 bits per heavy atom. The lowest BCUT2D eigenvalue weighted by atomic mass is 10.3. The molecule has 2 aromatic rings. The smallest absolute Gasteiger partial charge is 0.266 e. The van der Waals surface area contributed by atoms with Crippen molar-refractivity contribution in [1.82, 2.24) is 9.78 Å². The third-order valence-corrected chi connectivity index (χ3v) is 4.60. The highest BCUT2D eigenvalue weighted by Gasteiger charge is 2.26. The van der Waals surface area contributed by atoms with Crippen molar-refractivity contribution in [2.75, 3.05) is 4.72 Å². The molecule has 9 heteroatoms. The van der Waals surface area contributed by atoms with Crippen LogP contribution in [-0.4, -0.2) is 18.2 Å². The minimum atomic E-state index is -4.12. The SMILES string of the molecule is Cc1nn(C)c(Cl)c1S(=O)(=O)Nc1ccc(F)cc1F. The Balaban J connectivity index is 2.46. The van der Waals surface area contributed by atoms with Crippen LogP contribution < -0.4 is 4.72 Å². The molecule has 0 fully saturated rings. The Hall–Kier alpha value is -1.67. The van der Waals surface area contributed by atoms with Crippen molar-refractivity contribution < 1.29 is 17.2 Å². The lowest BCUT2D eigenvalue weighted by molar-refractivity contribution is 0.582. The number of halogens is 3. The molecule has 5 nitrogen and oxygen atoms in total. The van der Waals surface area contributed by atoms with Gasteiger partial charge in [-0.05, 0) is 19.1 Å². The molecule has 0 radical (unpaired) electrons. The van der Waals surface area contributed by atoms with Crippen molar-refractivity contribution in [2.24, 2.45) is 7.05 Å². The molecule has 0 bridgehead atoms. The van der Waals surface area contributed by atoms with Gasteiger partial charge in [0.15, 0.2) is 0 Å². The van der Waals surface area contributed by atoms with E-state index in [4.69, 9.17) is 11.6 Å². The van der Waals surface area contributed by atoms with Gasteiger partial charge >= 0.3 is 0 Å². The Morgan fingerprint density at radius 3 is 2.50 bits per heavy atom. The molecule has 0 amide bonds. The first-order valence-electron chi connectivity index (χ1n) is 5.39. The number of rotatable bonds is 3. The van der Waals surface area contributed by atoms with Gasteiger partial charge in [0.05, 0.1) is 11.4 Å². The molecule has 0 aliphatic rings.